The molecule has 6 nitrogen and oxygen atoms in total. The fraction of sp³-hybridized carbons (Fsp3) is 0.0625. The summed E-state index contributed by atoms with van der Waals surface area (Å²) < 4.78 is 0. The molecular formula is C16H13Cl2N3O3. The molecule has 0 unspecified atom stereocenters. The first-order chi connectivity index (χ1) is 11.5. The molecule has 0 saturated heterocycles. The number of nitrogens with one attached hydrogen (secondary N) is 2. The Kier molecular flexibility index (Phi) is 6.17. The Bertz CT molecular complexity index is 794. The molecule has 124 valence electrons. The van der Waals surface area contributed by atoms with Gasteiger partial charge in [-0.1, -0.05) is 35.3 Å². The predicted octanol–water partition coefficient (Wildman–Crippen LogP) is 3.18. The number of hydrogen-bond acceptors (Lipinski definition) is 4. The number of phenols is 1. The predicted molar refractivity (Wildman–Crippen MR) is 93.6 cm³/mol. The first-order valence-corrected chi connectivity index (χ1v) is 7.56. The molecule has 0 atom stereocenters. The number of hydrogen-bond donors (Lipinski definition) is 3. The van der Waals surface area contributed by atoms with Crippen LogP contribution in [0.2, 0.25) is 10.0 Å². The molecule has 24 heavy (non-hydrogen) atoms. The summed E-state index contributed by atoms with van der Waals surface area (Å²) in [6.45, 7) is 0. The largest absolute Gasteiger partial charge is 0.507 e. The van der Waals surface area contributed by atoms with E-state index < -0.39 is 18.2 Å². The lowest BCUT2D eigenvalue weighted by molar-refractivity contribution is -0.126. The fourth-order valence-corrected chi connectivity index (χ4v) is 2.03. The molecule has 2 aromatic rings. The van der Waals surface area contributed by atoms with Crippen LogP contribution in [0.15, 0.2) is 47.6 Å². The van der Waals surface area contributed by atoms with Gasteiger partial charge in [-0.15, -0.1) is 0 Å². The van der Waals surface area contributed by atoms with Gasteiger partial charge in [-0.3, -0.25) is 9.59 Å². The number of carbonyl (C=O) groups excluding carboxylic acids is 2. The molecule has 0 aliphatic carbocycles. The van der Waals surface area contributed by atoms with Gasteiger partial charge in [0.1, 0.15) is 12.2 Å². The molecule has 0 saturated carbocycles. The molecule has 0 aromatic heterocycles. The lowest BCUT2D eigenvalue weighted by Gasteiger charge is -2.05. The molecule has 0 radical (unpaired) electrons. The van der Waals surface area contributed by atoms with Crippen molar-refractivity contribution < 1.29 is 14.7 Å². The van der Waals surface area contributed by atoms with E-state index in [1.165, 1.54) is 24.4 Å². The lowest BCUT2D eigenvalue weighted by atomic mass is 10.2. The molecule has 0 fully saturated rings. The number of anilines is 1. The highest BCUT2D eigenvalue weighted by atomic mass is 35.5. The van der Waals surface area contributed by atoms with Crippen molar-refractivity contribution in [3.63, 3.8) is 0 Å². The third-order valence-corrected chi connectivity index (χ3v) is 3.59. The van der Waals surface area contributed by atoms with Gasteiger partial charge in [0.2, 0.25) is 11.8 Å². The molecular weight excluding hydrogens is 353 g/mol. The number of halogens is 2. The monoisotopic (exact) mass is 365 g/mol. The molecule has 3 N–H and O–H groups in total. The summed E-state index contributed by atoms with van der Waals surface area (Å²) in [5, 5.41) is 16.4. The SMILES string of the molecule is O=C(CC(=O)Nc1ccc(Cl)c(Cl)c1)N/N=C\c1ccccc1O. The van der Waals surface area contributed by atoms with Gasteiger partial charge in [0.05, 0.1) is 16.3 Å². The number of phenolic OH excluding ortho intramolecular Hbond substituents is 1. The maximum absolute atomic E-state index is 11.8. The minimum absolute atomic E-state index is 0.0351. The number of aromatic hydroxyl groups is 1. The zero-order chi connectivity index (χ0) is 17.5. The molecule has 0 spiro atoms. The van der Waals surface area contributed by atoms with Gasteiger partial charge in [-0.2, -0.15) is 5.10 Å². The van der Waals surface area contributed by atoms with Crippen LogP contribution >= 0.6 is 23.2 Å². The zero-order valence-electron chi connectivity index (χ0n) is 12.3. The molecule has 0 heterocycles. The number of amides is 2. The van der Waals surface area contributed by atoms with Crippen LogP contribution in [-0.2, 0) is 9.59 Å². The van der Waals surface area contributed by atoms with E-state index in [2.05, 4.69) is 15.8 Å². The third-order valence-electron chi connectivity index (χ3n) is 2.85. The van der Waals surface area contributed by atoms with Gasteiger partial charge < -0.3 is 10.4 Å². The van der Waals surface area contributed by atoms with Crippen molar-refractivity contribution in [3.05, 3.63) is 58.1 Å². The molecule has 2 rings (SSSR count). The summed E-state index contributed by atoms with van der Waals surface area (Å²) in [6, 6.07) is 11.1. The molecule has 0 aliphatic rings. The Morgan fingerprint density at radius 2 is 1.83 bits per heavy atom. The van der Waals surface area contributed by atoms with Crippen molar-refractivity contribution in [1.82, 2.24) is 5.43 Å². The lowest BCUT2D eigenvalue weighted by Crippen LogP contribution is -2.24. The van der Waals surface area contributed by atoms with Crippen LogP contribution in [0.25, 0.3) is 0 Å². The highest BCUT2D eigenvalue weighted by Crippen LogP contribution is 2.25. The zero-order valence-corrected chi connectivity index (χ0v) is 13.8. The summed E-state index contributed by atoms with van der Waals surface area (Å²) in [5.41, 5.74) is 3.08. The van der Waals surface area contributed by atoms with Gasteiger partial charge in [-0.05, 0) is 30.3 Å². The maximum Gasteiger partial charge on any atom is 0.249 e. The van der Waals surface area contributed by atoms with Crippen LogP contribution in [-0.4, -0.2) is 23.1 Å². The first-order valence-electron chi connectivity index (χ1n) is 6.80. The summed E-state index contributed by atoms with van der Waals surface area (Å²) in [5.74, 6) is -1.09. The van der Waals surface area contributed by atoms with Crippen molar-refractivity contribution in [2.24, 2.45) is 5.10 Å². The van der Waals surface area contributed by atoms with E-state index in [0.29, 0.717) is 21.3 Å². The second-order valence-corrected chi connectivity index (χ2v) is 5.52. The standard InChI is InChI=1S/C16H13Cl2N3O3/c17-12-6-5-11(7-13(12)18)20-15(23)8-16(24)21-19-9-10-3-1-2-4-14(10)22/h1-7,9,22H,8H2,(H,20,23)(H,21,24)/b19-9-. The van der Waals surface area contributed by atoms with Gasteiger partial charge in [-0.25, -0.2) is 5.43 Å². The average Bonchev–Trinajstić information content (AvgIpc) is 2.52. The fourth-order valence-electron chi connectivity index (χ4n) is 1.73. The van der Waals surface area contributed by atoms with Crippen LogP contribution in [0.5, 0.6) is 5.75 Å². The van der Waals surface area contributed by atoms with Crippen LogP contribution < -0.4 is 10.7 Å². The quantitative estimate of drug-likeness (QED) is 0.431. The van der Waals surface area contributed by atoms with E-state index in [-0.39, 0.29) is 5.75 Å². The third kappa shape index (κ3) is 5.26. The van der Waals surface area contributed by atoms with Crippen LogP contribution in [0, 0.1) is 0 Å². The van der Waals surface area contributed by atoms with Crippen molar-refractivity contribution in [2.75, 3.05) is 5.32 Å². The molecule has 8 heteroatoms. The number of hydrazone groups is 1. The summed E-state index contributed by atoms with van der Waals surface area (Å²) in [6.07, 6.45) is 0.864. The first kappa shape index (κ1) is 17.8. The van der Waals surface area contributed by atoms with E-state index in [1.54, 1.807) is 24.3 Å². The van der Waals surface area contributed by atoms with Crippen molar-refractivity contribution >= 4 is 46.9 Å². The molecule has 0 aliphatic heterocycles. The van der Waals surface area contributed by atoms with E-state index in [9.17, 15) is 14.7 Å². The number of carbonyl (C=O) groups is 2. The average molecular weight is 366 g/mol. The van der Waals surface area contributed by atoms with Crippen molar-refractivity contribution in [3.8, 4) is 5.75 Å². The van der Waals surface area contributed by atoms with Gasteiger partial charge in [0.25, 0.3) is 0 Å². The summed E-state index contributed by atoms with van der Waals surface area (Å²) >= 11 is 11.6. The minimum Gasteiger partial charge on any atom is -0.507 e. The van der Waals surface area contributed by atoms with Crippen LogP contribution in [0.4, 0.5) is 5.69 Å². The maximum atomic E-state index is 11.8. The second kappa shape index (κ2) is 8.33. The summed E-state index contributed by atoms with van der Waals surface area (Å²) in [7, 11) is 0. The van der Waals surface area contributed by atoms with Gasteiger partial charge >= 0.3 is 0 Å². The molecule has 2 aromatic carbocycles. The molecule has 2 amide bonds. The Labute approximate surface area is 148 Å². The Morgan fingerprint density at radius 1 is 1.08 bits per heavy atom. The van der Waals surface area contributed by atoms with Gasteiger partial charge in [0.15, 0.2) is 0 Å². The summed E-state index contributed by atoms with van der Waals surface area (Å²) in [4.78, 5) is 23.4. The van der Waals surface area contributed by atoms with E-state index in [0.717, 1.165) is 0 Å². The van der Waals surface area contributed by atoms with Crippen LogP contribution in [0.3, 0.4) is 0 Å². The van der Waals surface area contributed by atoms with E-state index >= 15 is 0 Å². The second-order valence-electron chi connectivity index (χ2n) is 4.71. The smallest absolute Gasteiger partial charge is 0.249 e. The molecule has 0 bridgehead atoms. The highest BCUT2D eigenvalue weighted by Gasteiger charge is 2.10. The number of para-hydroxylation sites is 1. The normalized spacial score (nSPS) is 10.6. The Hall–Kier alpha value is -2.57. The Morgan fingerprint density at radius 3 is 2.54 bits per heavy atom. The number of nitrogens with zero attached hydrogens (tertiary/aromatic N) is 1. The number of benzene rings is 2. The minimum atomic E-state index is -0.598. The topological polar surface area (TPSA) is 90.8 Å². The van der Waals surface area contributed by atoms with Crippen LogP contribution in [0.1, 0.15) is 12.0 Å². The number of rotatable bonds is 5. The van der Waals surface area contributed by atoms with Crippen molar-refractivity contribution in [1.29, 1.82) is 0 Å². The Balaban J connectivity index is 1.84. The van der Waals surface area contributed by atoms with E-state index in [1.807, 2.05) is 0 Å². The highest BCUT2D eigenvalue weighted by molar-refractivity contribution is 6.42. The van der Waals surface area contributed by atoms with Crippen molar-refractivity contribution in [2.45, 2.75) is 6.42 Å². The van der Waals surface area contributed by atoms with E-state index in [4.69, 9.17) is 23.2 Å². The van der Waals surface area contributed by atoms with Gasteiger partial charge in [0, 0.05) is 11.3 Å².